The molecular weight excluding hydrogens is 282 g/mol. The predicted molar refractivity (Wildman–Crippen MR) is 92.7 cm³/mol. The van der Waals surface area contributed by atoms with Crippen LogP contribution in [0.5, 0.6) is 5.75 Å². The Kier molecular flexibility index (Phi) is 6.30. The van der Waals surface area contributed by atoms with Crippen molar-refractivity contribution in [1.82, 2.24) is 5.32 Å². The first-order valence-electron chi connectivity index (χ1n) is 7.44. The lowest BCUT2D eigenvalue weighted by Gasteiger charge is -2.22. The molecule has 1 N–H and O–H groups in total. The highest BCUT2D eigenvalue weighted by Crippen LogP contribution is 2.31. The van der Waals surface area contributed by atoms with Crippen LogP contribution in [0.15, 0.2) is 24.3 Å². The van der Waals surface area contributed by atoms with Crippen molar-refractivity contribution in [2.75, 3.05) is 13.2 Å². The van der Waals surface area contributed by atoms with Crippen molar-refractivity contribution in [1.29, 1.82) is 0 Å². The summed E-state index contributed by atoms with van der Waals surface area (Å²) in [4.78, 5) is 0. The third-order valence-electron chi connectivity index (χ3n) is 3.22. The molecule has 2 nitrogen and oxygen atoms in total. The molecule has 0 unspecified atom stereocenters. The van der Waals surface area contributed by atoms with Gasteiger partial charge < -0.3 is 10.1 Å². The van der Waals surface area contributed by atoms with Crippen LogP contribution in [0.1, 0.15) is 51.7 Å². The zero-order valence-corrected chi connectivity index (χ0v) is 14.9. The predicted octanol–water partition coefficient (Wildman–Crippen LogP) is 5.09. The Bertz CT molecular complexity index is 501. The van der Waals surface area contributed by atoms with E-state index in [0.717, 1.165) is 34.0 Å². The van der Waals surface area contributed by atoms with Gasteiger partial charge in [0, 0.05) is 17.1 Å². The molecule has 21 heavy (non-hydrogen) atoms. The summed E-state index contributed by atoms with van der Waals surface area (Å²) in [5.74, 6) is 1.27. The zero-order chi connectivity index (χ0) is 16.2. The van der Waals surface area contributed by atoms with Crippen molar-refractivity contribution in [3.05, 3.63) is 40.4 Å². The molecule has 0 aliphatic heterocycles. The second kappa shape index (κ2) is 7.33. The van der Waals surface area contributed by atoms with E-state index in [4.69, 9.17) is 16.3 Å². The maximum atomic E-state index is 6.28. The fourth-order valence-corrected chi connectivity index (χ4v) is 2.32. The summed E-state index contributed by atoms with van der Waals surface area (Å²) in [6.07, 6.45) is 0. The van der Waals surface area contributed by atoms with Gasteiger partial charge in [-0.3, -0.25) is 0 Å². The standard InChI is InChI=1S/C18H28ClNO/c1-12(2)15-9-17(14(4)8-16(15)19)21-11-13(3)10-20-18(5,6)7/h8-9,12,20H,3,10-11H2,1-2,4-7H3. The maximum absolute atomic E-state index is 6.28. The molecule has 0 amide bonds. The summed E-state index contributed by atoms with van der Waals surface area (Å²) in [5.41, 5.74) is 3.30. The molecule has 118 valence electrons. The number of nitrogens with one attached hydrogen (secondary N) is 1. The summed E-state index contributed by atoms with van der Waals surface area (Å²) in [7, 11) is 0. The van der Waals surface area contributed by atoms with Gasteiger partial charge in [0.05, 0.1) is 0 Å². The van der Waals surface area contributed by atoms with E-state index in [-0.39, 0.29) is 5.54 Å². The average molecular weight is 310 g/mol. The van der Waals surface area contributed by atoms with E-state index in [1.165, 1.54) is 0 Å². The third-order valence-corrected chi connectivity index (χ3v) is 3.54. The summed E-state index contributed by atoms with van der Waals surface area (Å²) in [5, 5.41) is 4.22. The van der Waals surface area contributed by atoms with Crippen molar-refractivity contribution >= 4 is 11.6 Å². The minimum atomic E-state index is 0.0872. The highest BCUT2D eigenvalue weighted by atomic mass is 35.5. The molecule has 0 fully saturated rings. The molecule has 1 aromatic rings. The molecule has 3 heteroatoms. The zero-order valence-electron chi connectivity index (χ0n) is 14.1. The smallest absolute Gasteiger partial charge is 0.123 e. The van der Waals surface area contributed by atoms with Gasteiger partial charge in [0.25, 0.3) is 0 Å². The SMILES string of the molecule is C=C(CNC(C)(C)C)COc1cc(C(C)C)c(Cl)cc1C. The first-order valence-corrected chi connectivity index (χ1v) is 7.82. The average Bonchev–Trinajstić information content (AvgIpc) is 2.34. The minimum Gasteiger partial charge on any atom is -0.489 e. The van der Waals surface area contributed by atoms with Crippen LogP contribution in [0, 0.1) is 6.92 Å². The number of ether oxygens (including phenoxy) is 1. The molecular formula is C18H28ClNO. The van der Waals surface area contributed by atoms with E-state index >= 15 is 0 Å². The number of hydrogen-bond donors (Lipinski definition) is 1. The van der Waals surface area contributed by atoms with Gasteiger partial charge in [0.1, 0.15) is 12.4 Å². The Morgan fingerprint density at radius 3 is 2.48 bits per heavy atom. The van der Waals surface area contributed by atoms with Crippen molar-refractivity contribution < 1.29 is 4.74 Å². The van der Waals surface area contributed by atoms with Crippen molar-refractivity contribution in [3.63, 3.8) is 0 Å². The summed E-state index contributed by atoms with van der Waals surface area (Å²) >= 11 is 6.28. The summed E-state index contributed by atoms with van der Waals surface area (Å²) in [6.45, 7) is 18.0. The first kappa shape index (κ1) is 18.1. The topological polar surface area (TPSA) is 21.3 Å². The number of aryl methyl sites for hydroxylation is 1. The van der Waals surface area contributed by atoms with Gasteiger partial charge in [-0.1, -0.05) is 32.0 Å². The largest absolute Gasteiger partial charge is 0.489 e. The molecule has 0 bridgehead atoms. The van der Waals surface area contributed by atoms with E-state index in [2.05, 4.69) is 46.5 Å². The molecule has 0 saturated heterocycles. The van der Waals surface area contributed by atoms with Crippen LogP contribution in [-0.2, 0) is 0 Å². The molecule has 0 aliphatic rings. The lowest BCUT2D eigenvalue weighted by Crippen LogP contribution is -2.37. The third kappa shape index (κ3) is 6.11. The molecule has 0 atom stereocenters. The van der Waals surface area contributed by atoms with Crippen molar-refractivity contribution in [3.8, 4) is 5.75 Å². The van der Waals surface area contributed by atoms with Crippen LogP contribution >= 0.6 is 11.6 Å². The van der Waals surface area contributed by atoms with Gasteiger partial charge in [-0.25, -0.2) is 0 Å². The van der Waals surface area contributed by atoms with Gasteiger partial charge in [-0.2, -0.15) is 0 Å². The Balaban J connectivity index is 2.67. The van der Waals surface area contributed by atoms with Crippen LogP contribution in [0.3, 0.4) is 0 Å². The summed E-state index contributed by atoms with van der Waals surface area (Å²) < 4.78 is 5.91. The highest BCUT2D eigenvalue weighted by molar-refractivity contribution is 6.31. The van der Waals surface area contributed by atoms with E-state index < -0.39 is 0 Å². The monoisotopic (exact) mass is 309 g/mol. The maximum Gasteiger partial charge on any atom is 0.123 e. The van der Waals surface area contributed by atoms with Gasteiger partial charge in [0.2, 0.25) is 0 Å². The van der Waals surface area contributed by atoms with Crippen molar-refractivity contribution in [2.45, 2.75) is 53.0 Å². The van der Waals surface area contributed by atoms with Crippen LogP contribution in [0.4, 0.5) is 0 Å². The Labute approximate surface area is 134 Å². The first-order chi connectivity index (χ1) is 9.60. The van der Waals surface area contributed by atoms with Crippen LogP contribution < -0.4 is 10.1 Å². The van der Waals surface area contributed by atoms with E-state index in [9.17, 15) is 0 Å². The van der Waals surface area contributed by atoms with Crippen molar-refractivity contribution in [2.24, 2.45) is 0 Å². The molecule has 0 saturated carbocycles. The van der Waals surface area contributed by atoms with Gasteiger partial charge in [0.15, 0.2) is 0 Å². The molecule has 0 heterocycles. The number of hydrogen-bond acceptors (Lipinski definition) is 2. The van der Waals surface area contributed by atoms with E-state index in [0.29, 0.717) is 12.5 Å². The number of rotatable bonds is 6. The second-order valence-electron chi connectivity index (χ2n) is 6.94. The normalized spacial score (nSPS) is 11.8. The highest BCUT2D eigenvalue weighted by Gasteiger charge is 2.12. The summed E-state index contributed by atoms with van der Waals surface area (Å²) in [6, 6.07) is 4.02. The number of halogens is 1. The Morgan fingerprint density at radius 1 is 1.33 bits per heavy atom. The second-order valence-corrected chi connectivity index (χ2v) is 7.34. The quantitative estimate of drug-likeness (QED) is 0.739. The van der Waals surface area contributed by atoms with Gasteiger partial charge in [-0.15, -0.1) is 0 Å². The van der Waals surface area contributed by atoms with E-state index in [1.54, 1.807) is 0 Å². The molecule has 0 aliphatic carbocycles. The van der Waals surface area contributed by atoms with Crippen LogP contribution in [0.25, 0.3) is 0 Å². The molecule has 1 aromatic carbocycles. The minimum absolute atomic E-state index is 0.0872. The van der Waals surface area contributed by atoms with E-state index in [1.807, 2.05) is 19.1 Å². The lowest BCUT2D eigenvalue weighted by atomic mass is 10.0. The van der Waals surface area contributed by atoms with Crippen LogP contribution in [-0.4, -0.2) is 18.7 Å². The molecule has 0 aromatic heterocycles. The fourth-order valence-electron chi connectivity index (χ4n) is 1.89. The van der Waals surface area contributed by atoms with Crippen LogP contribution in [0.2, 0.25) is 5.02 Å². The Hall–Kier alpha value is -0.990. The van der Waals surface area contributed by atoms with Gasteiger partial charge >= 0.3 is 0 Å². The van der Waals surface area contributed by atoms with Gasteiger partial charge in [-0.05, 0) is 62.4 Å². The number of benzene rings is 1. The fraction of sp³-hybridized carbons (Fsp3) is 0.556. The molecule has 0 radical (unpaired) electrons. The molecule has 1 rings (SSSR count). The Morgan fingerprint density at radius 2 is 1.95 bits per heavy atom. The molecule has 0 spiro atoms. The lowest BCUT2D eigenvalue weighted by molar-refractivity contribution is 0.339.